The number of halogens is 1. The number of piperazine rings is 1. The van der Waals surface area contributed by atoms with E-state index in [0.717, 1.165) is 51.1 Å². The van der Waals surface area contributed by atoms with Crippen LogP contribution in [0.2, 0.25) is 0 Å². The van der Waals surface area contributed by atoms with Gasteiger partial charge in [-0.2, -0.15) is 0 Å². The molecule has 1 saturated heterocycles. The Morgan fingerprint density at radius 1 is 1.29 bits per heavy atom. The SMILES string of the molecule is Cc1cc(CCCN2CCNCC2)ccc1F. The lowest BCUT2D eigenvalue weighted by atomic mass is 10.1. The first kappa shape index (κ1) is 12.5. The zero-order valence-electron chi connectivity index (χ0n) is 10.5. The minimum absolute atomic E-state index is 0.101. The summed E-state index contributed by atoms with van der Waals surface area (Å²) in [4.78, 5) is 2.49. The minimum atomic E-state index is -0.101. The Hall–Kier alpha value is -0.930. The molecule has 1 heterocycles. The van der Waals surface area contributed by atoms with Gasteiger partial charge in [-0.15, -0.1) is 0 Å². The lowest BCUT2D eigenvalue weighted by Crippen LogP contribution is -2.43. The summed E-state index contributed by atoms with van der Waals surface area (Å²) in [6.07, 6.45) is 2.20. The molecule has 0 radical (unpaired) electrons. The van der Waals surface area contributed by atoms with Crippen LogP contribution >= 0.6 is 0 Å². The predicted octanol–water partition coefficient (Wildman–Crippen LogP) is 1.97. The third-order valence-electron chi connectivity index (χ3n) is 3.37. The van der Waals surface area contributed by atoms with E-state index < -0.39 is 0 Å². The lowest BCUT2D eigenvalue weighted by molar-refractivity contribution is 0.238. The Bertz CT molecular complexity index is 359. The Morgan fingerprint density at radius 2 is 2.06 bits per heavy atom. The largest absolute Gasteiger partial charge is 0.314 e. The van der Waals surface area contributed by atoms with Gasteiger partial charge in [0.25, 0.3) is 0 Å². The van der Waals surface area contributed by atoms with E-state index in [1.54, 1.807) is 6.07 Å². The minimum Gasteiger partial charge on any atom is -0.314 e. The summed E-state index contributed by atoms with van der Waals surface area (Å²) in [6.45, 7) is 7.50. The van der Waals surface area contributed by atoms with E-state index in [-0.39, 0.29) is 5.82 Å². The van der Waals surface area contributed by atoms with Crippen molar-refractivity contribution in [3.8, 4) is 0 Å². The second kappa shape index (κ2) is 6.12. The molecule has 0 aromatic heterocycles. The van der Waals surface area contributed by atoms with Gasteiger partial charge in [-0.3, -0.25) is 0 Å². The van der Waals surface area contributed by atoms with Crippen LogP contribution in [0.4, 0.5) is 4.39 Å². The molecule has 0 spiro atoms. The summed E-state index contributed by atoms with van der Waals surface area (Å²) in [5.41, 5.74) is 2.00. The summed E-state index contributed by atoms with van der Waals surface area (Å²) >= 11 is 0. The Morgan fingerprint density at radius 3 is 2.76 bits per heavy atom. The van der Waals surface area contributed by atoms with E-state index in [2.05, 4.69) is 10.2 Å². The van der Waals surface area contributed by atoms with Crippen LogP contribution in [0, 0.1) is 12.7 Å². The number of aryl methyl sites for hydroxylation is 2. The first-order valence-electron chi connectivity index (χ1n) is 6.44. The molecule has 0 aliphatic carbocycles. The molecule has 1 fully saturated rings. The molecule has 0 saturated carbocycles. The molecule has 17 heavy (non-hydrogen) atoms. The van der Waals surface area contributed by atoms with Crippen molar-refractivity contribution in [3.63, 3.8) is 0 Å². The Labute approximate surface area is 103 Å². The highest BCUT2D eigenvalue weighted by Crippen LogP contribution is 2.11. The van der Waals surface area contributed by atoms with Gasteiger partial charge < -0.3 is 10.2 Å². The van der Waals surface area contributed by atoms with E-state index in [0.29, 0.717) is 0 Å². The number of hydrogen-bond acceptors (Lipinski definition) is 2. The zero-order chi connectivity index (χ0) is 12.1. The maximum Gasteiger partial charge on any atom is 0.126 e. The summed E-state index contributed by atoms with van der Waals surface area (Å²) in [5, 5.41) is 3.35. The quantitative estimate of drug-likeness (QED) is 0.860. The highest BCUT2D eigenvalue weighted by Gasteiger charge is 2.08. The number of hydrogen-bond donors (Lipinski definition) is 1. The van der Waals surface area contributed by atoms with Crippen LogP contribution in [0.25, 0.3) is 0 Å². The van der Waals surface area contributed by atoms with Crippen LogP contribution < -0.4 is 5.32 Å². The Balaban J connectivity index is 1.75. The molecular formula is C14H21FN2. The normalized spacial score (nSPS) is 17.3. The number of nitrogens with one attached hydrogen (secondary N) is 1. The molecule has 1 aliphatic rings. The highest BCUT2D eigenvalue weighted by molar-refractivity contribution is 5.23. The molecule has 94 valence electrons. The van der Waals surface area contributed by atoms with Gasteiger partial charge in [0.15, 0.2) is 0 Å². The van der Waals surface area contributed by atoms with Gasteiger partial charge in [-0.25, -0.2) is 4.39 Å². The van der Waals surface area contributed by atoms with Gasteiger partial charge in [0.2, 0.25) is 0 Å². The van der Waals surface area contributed by atoms with Crippen LogP contribution in [0.5, 0.6) is 0 Å². The van der Waals surface area contributed by atoms with E-state index in [1.807, 2.05) is 19.1 Å². The lowest BCUT2D eigenvalue weighted by Gasteiger charge is -2.27. The van der Waals surface area contributed by atoms with Gasteiger partial charge in [0, 0.05) is 26.2 Å². The molecule has 2 nitrogen and oxygen atoms in total. The van der Waals surface area contributed by atoms with Gasteiger partial charge in [-0.1, -0.05) is 12.1 Å². The maximum atomic E-state index is 13.1. The van der Waals surface area contributed by atoms with Crippen molar-refractivity contribution in [2.75, 3.05) is 32.7 Å². The fourth-order valence-corrected chi connectivity index (χ4v) is 2.30. The average Bonchev–Trinajstić information content (AvgIpc) is 2.35. The molecule has 0 bridgehead atoms. The second-order valence-electron chi connectivity index (χ2n) is 4.78. The molecule has 2 rings (SSSR count). The summed E-state index contributed by atoms with van der Waals surface area (Å²) in [7, 11) is 0. The monoisotopic (exact) mass is 236 g/mol. The predicted molar refractivity (Wildman–Crippen MR) is 68.8 cm³/mol. The van der Waals surface area contributed by atoms with E-state index in [4.69, 9.17) is 0 Å². The first-order chi connectivity index (χ1) is 8.25. The second-order valence-corrected chi connectivity index (χ2v) is 4.78. The van der Waals surface area contributed by atoms with Crippen molar-refractivity contribution in [2.24, 2.45) is 0 Å². The summed E-state index contributed by atoms with van der Waals surface area (Å²) in [6, 6.07) is 5.45. The number of nitrogens with zero attached hydrogens (tertiary/aromatic N) is 1. The molecule has 0 atom stereocenters. The smallest absolute Gasteiger partial charge is 0.126 e. The van der Waals surface area contributed by atoms with E-state index in [9.17, 15) is 4.39 Å². The average molecular weight is 236 g/mol. The van der Waals surface area contributed by atoms with Crippen LogP contribution in [0.3, 0.4) is 0 Å². The molecule has 0 unspecified atom stereocenters. The van der Waals surface area contributed by atoms with Crippen molar-refractivity contribution < 1.29 is 4.39 Å². The molecule has 1 aromatic carbocycles. The van der Waals surface area contributed by atoms with E-state index in [1.165, 1.54) is 5.56 Å². The van der Waals surface area contributed by atoms with Crippen molar-refractivity contribution >= 4 is 0 Å². The fraction of sp³-hybridized carbons (Fsp3) is 0.571. The molecule has 1 aromatic rings. The Kier molecular flexibility index (Phi) is 4.51. The van der Waals surface area contributed by atoms with Crippen LogP contribution in [0.15, 0.2) is 18.2 Å². The van der Waals surface area contributed by atoms with Gasteiger partial charge in [0.05, 0.1) is 0 Å². The molecule has 1 aliphatic heterocycles. The fourth-order valence-electron chi connectivity index (χ4n) is 2.30. The van der Waals surface area contributed by atoms with E-state index >= 15 is 0 Å². The molecule has 3 heteroatoms. The van der Waals surface area contributed by atoms with Crippen LogP contribution in [-0.4, -0.2) is 37.6 Å². The van der Waals surface area contributed by atoms with Crippen LogP contribution in [-0.2, 0) is 6.42 Å². The van der Waals surface area contributed by atoms with Crippen LogP contribution in [0.1, 0.15) is 17.5 Å². The number of benzene rings is 1. The van der Waals surface area contributed by atoms with Crippen molar-refractivity contribution in [2.45, 2.75) is 19.8 Å². The van der Waals surface area contributed by atoms with Crippen molar-refractivity contribution in [3.05, 3.63) is 35.1 Å². The van der Waals surface area contributed by atoms with Crippen molar-refractivity contribution in [1.82, 2.24) is 10.2 Å². The summed E-state index contributed by atoms with van der Waals surface area (Å²) < 4.78 is 13.1. The standard InChI is InChI=1S/C14H21FN2/c1-12-11-13(4-5-14(12)15)3-2-8-17-9-6-16-7-10-17/h4-5,11,16H,2-3,6-10H2,1H3. The highest BCUT2D eigenvalue weighted by atomic mass is 19.1. The number of rotatable bonds is 4. The maximum absolute atomic E-state index is 13.1. The summed E-state index contributed by atoms with van der Waals surface area (Å²) in [5.74, 6) is -0.101. The molecule has 1 N–H and O–H groups in total. The molecule has 0 amide bonds. The van der Waals surface area contributed by atoms with Gasteiger partial charge >= 0.3 is 0 Å². The third-order valence-corrected chi connectivity index (χ3v) is 3.37. The first-order valence-corrected chi connectivity index (χ1v) is 6.44. The van der Waals surface area contributed by atoms with Gasteiger partial charge in [-0.05, 0) is 43.5 Å². The third kappa shape index (κ3) is 3.79. The van der Waals surface area contributed by atoms with Gasteiger partial charge in [0.1, 0.15) is 5.82 Å². The van der Waals surface area contributed by atoms with Crippen molar-refractivity contribution in [1.29, 1.82) is 0 Å². The zero-order valence-corrected chi connectivity index (χ0v) is 10.5. The molecular weight excluding hydrogens is 215 g/mol. The topological polar surface area (TPSA) is 15.3 Å².